The molecule has 1 amide bonds. The van der Waals surface area contributed by atoms with Crippen molar-refractivity contribution in [3.8, 4) is 0 Å². The smallest absolute Gasteiger partial charge is 0.254 e. The van der Waals surface area contributed by atoms with Crippen molar-refractivity contribution in [3.63, 3.8) is 0 Å². The van der Waals surface area contributed by atoms with Crippen LogP contribution in [0.5, 0.6) is 0 Å². The average Bonchev–Trinajstić information content (AvgIpc) is 3.26. The molecule has 6 nitrogen and oxygen atoms in total. The third kappa shape index (κ3) is 2.99. The number of H-pyrrole nitrogens is 1. The van der Waals surface area contributed by atoms with Crippen LogP contribution in [0.4, 0.5) is 0 Å². The Hall–Kier alpha value is -2.67. The van der Waals surface area contributed by atoms with E-state index in [4.69, 9.17) is 0 Å². The van der Waals surface area contributed by atoms with Crippen LogP contribution in [-0.4, -0.2) is 42.0 Å². The van der Waals surface area contributed by atoms with Crippen LogP contribution in [0.25, 0.3) is 11.0 Å². The van der Waals surface area contributed by atoms with Crippen LogP contribution >= 0.6 is 0 Å². The van der Waals surface area contributed by atoms with E-state index in [-0.39, 0.29) is 16.8 Å². The van der Waals surface area contributed by atoms with E-state index in [2.05, 4.69) is 9.97 Å². The molecule has 134 valence electrons. The maximum atomic E-state index is 13.0. The van der Waals surface area contributed by atoms with E-state index < -0.39 is 9.84 Å². The first-order valence-electron chi connectivity index (χ1n) is 8.49. The number of sulfone groups is 1. The lowest BCUT2D eigenvalue weighted by atomic mass is 10.1. The molecule has 0 radical (unpaired) electrons. The highest BCUT2D eigenvalue weighted by atomic mass is 32.2. The van der Waals surface area contributed by atoms with E-state index >= 15 is 0 Å². The molecule has 3 aromatic rings. The fraction of sp³-hybridized carbons (Fsp3) is 0.263. The highest BCUT2D eigenvalue weighted by Crippen LogP contribution is 2.32. The number of aromatic amines is 1. The van der Waals surface area contributed by atoms with Gasteiger partial charge in [0.25, 0.3) is 5.91 Å². The lowest BCUT2D eigenvalue weighted by Gasteiger charge is -2.23. The van der Waals surface area contributed by atoms with E-state index in [1.165, 1.54) is 12.1 Å². The number of rotatable bonds is 3. The third-order valence-electron chi connectivity index (χ3n) is 4.75. The Balaban J connectivity index is 1.67. The summed E-state index contributed by atoms with van der Waals surface area (Å²) in [6, 6.07) is 13.9. The van der Waals surface area contributed by atoms with Crippen LogP contribution in [0, 0.1) is 0 Å². The topological polar surface area (TPSA) is 83.1 Å². The van der Waals surface area contributed by atoms with E-state index in [1.54, 1.807) is 17.0 Å². The second kappa shape index (κ2) is 6.25. The Bertz CT molecular complexity index is 1060. The number of imidazole rings is 1. The lowest BCUT2D eigenvalue weighted by molar-refractivity contribution is 0.0730. The molecule has 1 fully saturated rings. The zero-order valence-corrected chi connectivity index (χ0v) is 15.2. The second-order valence-corrected chi connectivity index (χ2v) is 8.61. The van der Waals surface area contributed by atoms with Gasteiger partial charge in [0, 0.05) is 18.4 Å². The Kier molecular flexibility index (Phi) is 4.03. The minimum atomic E-state index is -3.35. The second-order valence-electron chi connectivity index (χ2n) is 6.60. The zero-order valence-electron chi connectivity index (χ0n) is 14.3. The van der Waals surface area contributed by atoms with Gasteiger partial charge in [-0.25, -0.2) is 13.4 Å². The number of aromatic nitrogens is 2. The Morgan fingerprint density at radius 1 is 1.19 bits per heavy atom. The standard InChI is InChI=1S/C19H19N3O3S/c1-26(24,25)14-7-4-6-13(12-14)19(23)22-11-5-10-17(22)18-20-15-8-2-3-9-16(15)21-18/h2-4,6-9,12,17H,5,10-11H2,1H3,(H,20,21)/t17-/m1/s1. The van der Waals surface area contributed by atoms with Crippen LogP contribution < -0.4 is 0 Å². The van der Waals surface area contributed by atoms with Crippen LogP contribution in [0.15, 0.2) is 53.4 Å². The molecule has 0 unspecified atom stereocenters. The summed E-state index contributed by atoms with van der Waals surface area (Å²) in [6.07, 6.45) is 2.86. The van der Waals surface area contributed by atoms with Crippen molar-refractivity contribution in [2.75, 3.05) is 12.8 Å². The average molecular weight is 369 g/mol. The van der Waals surface area contributed by atoms with Crippen molar-refractivity contribution in [2.45, 2.75) is 23.8 Å². The molecule has 0 aliphatic carbocycles. The Morgan fingerprint density at radius 2 is 2.00 bits per heavy atom. The van der Waals surface area contributed by atoms with Gasteiger partial charge in [-0.1, -0.05) is 18.2 Å². The number of hydrogen-bond donors (Lipinski definition) is 1. The number of likely N-dealkylation sites (tertiary alicyclic amines) is 1. The molecule has 1 saturated heterocycles. The quantitative estimate of drug-likeness (QED) is 0.769. The van der Waals surface area contributed by atoms with Gasteiger partial charge in [0.2, 0.25) is 0 Å². The summed E-state index contributed by atoms with van der Waals surface area (Å²) in [5, 5.41) is 0. The zero-order chi connectivity index (χ0) is 18.3. The van der Waals surface area contributed by atoms with Gasteiger partial charge >= 0.3 is 0 Å². The van der Waals surface area contributed by atoms with Gasteiger partial charge in [0.05, 0.1) is 22.0 Å². The first-order valence-corrected chi connectivity index (χ1v) is 10.4. The molecule has 1 aromatic heterocycles. The molecule has 1 aliphatic heterocycles. The molecule has 7 heteroatoms. The molecule has 0 saturated carbocycles. The molecule has 1 N–H and O–H groups in total. The normalized spacial score (nSPS) is 17.7. The van der Waals surface area contributed by atoms with Crippen molar-refractivity contribution < 1.29 is 13.2 Å². The molecule has 26 heavy (non-hydrogen) atoms. The van der Waals surface area contributed by atoms with E-state index in [0.717, 1.165) is 36.0 Å². The SMILES string of the molecule is CS(=O)(=O)c1cccc(C(=O)N2CCC[C@@H]2c2nc3ccccc3[nH]2)c1. The Morgan fingerprint density at radius 3 is 2.77 bits per heavy atom. The predicted molar refractivity (Wildman–Crippen MR) is 98.7 cm³/mol. The third-order valence-corrected chi connectivity index (χ3v) is 5.86. The number of nitrogens with zero attached hydrogens (tertiary/aromatic N) is 2. The van der Waals surface area contributed by atoms with Gasteiger partial charge in [0.1, 0.15) is 5.82 Å². The fourth-order valence-corrected chi connectivity index (χ4v) is 4.12. The van der Waals surface area contributed by atoms with Crippen LogP contribution in [-0.2, 0) is 9.84 Å². The number of benzene rings is 2. The van der Waals surface area contributed by atoms with Crippen LogP contribution in [0.2, 0.25) is 0 Å². The molecular weight excluding hydrogens is 350 g/mol. The van der Waals surface area contributed by atoms with Gasteiger partial charge in [-0.2, -0.15) is 0 Å². The number of fused-ring (bicyclic) bond motifs is 1. The largest absolute Gasteiger partial charge is 0.340 e. The number of carbonyl (C=O) groups is 1. The number of amides is 1. The van der Waals surface area contributed by atoms with Crippen molar-refractivity contribution in [2.24, 2.45) is 0 Å². The number of para-hydroxylation sites is 2. The first kappa shape index (κ1) is 16.8. The van der Waals surface area contributed by atoms with Crippen molar-refractivity contribution in [3.05, 3.63) is 59.9 Å². The maximum absolute atomic E-state index is 13.0. The summed E-state index contributed by atoms with van der Waals surface area (Å²) in [5.74, 6) is 0.606. The summed E-state index contributed by atoms with van der Waals surface area (Å²) in [5.41, 5.74) is 2.21. The summed E-state index contributed by atoms with van der Waals surface area (Å²) in [6.45, 7) is 0.629. The highest BCUT2D eigenvalue weighted by molar-refractivity contribution is 7.90. The minimum absolute atomic E-state index is 0.128. The molecule has 4 rings (SSSR count). The molecule has 2 aromatic carbocycles. The Labute approximate surface area is 151 Å². The van der Waals surface area contributed by atoms with E-state index in [9.17, 15) is 13.2 Å². The molecular formula is C19H19N3O3S. The molecule has 1 atom stereocenters. The van der Waals surface area contributed by atoms with Crippen molar-refractivity contribution in [1.82, 2.24) is 14.9 Å². The summed E-state index contributed by atoms with van der Waals surface area (Å²) in [7, 11) is -3.35. The molecule has 1 aliphatic rings. The molecule has 0 bridgehead atoms. The molecule has 2 heterocycles. The van der Waals surface area contributed by atoms with Crippen molar-refractivity contribution in [1.29, 1.82) is 0 Å². The van der Waals surface area contributed by atoms with Gasteiger partial charge in [-0.15, -0.1) is 0 Å². The number of carbonyl (C=O) groups excluding carboxylic acids is 1. The summed E-state index contributed by atoms with van der Waals surface area (Å²) in [4.78, 5) is 22.9. The van der Waals surface area contributed by atoms with Gasteiger partial charge in [0.15, 0.2) is 9.84 Å². The summed E-state index contributed by atoms with van der Waals surface area (Å²) >= 11 is 0. The molecule has 0 spiro atoms. The van der Waals surface area contributed by atoms with E-state index in [1.807, 2.05) is 24.3 Å². The monoisotopic (exact) mass is 369 g/mol. The summed E-state index contributed by atoms with van der Waals surface area (Å²) < 4.78 is 23.5. The minimum Gasteiger partial charge on any atom is -0.340 e. The van der Waals surface area contributed by atoms with Gasteiger partial charge in [-0.05, 0) is 43.2 Å². The van der Waals surface area contributed by atoms with Crippen molar-refractivity contribution >= 4 is 26.8 Å². The van der Waals surface area contributed by atoms with Crippen LogP contribution in [0.1, 0.15) is 35.1 Å². The fourth-order valence-electron chi connectivity index (χ4n) is 3.45. The number of hydrogen-bond acceptors (Lipinski definition) is 4. The maximum Gasteiger partial charge on any atom is 0.254 e. The highest BCUT2D eigenvalue weighted by Gasteiger charge is 2.33. The van der Waals surface area contributed by atoms with Gasteiger partial charge in [-0.3, -0.25) is 4.79 Å². The lowest BCUT2D eigenvalue weighted by Crippen LogP contribution is -2.31. The van der Waals surface area contributed by atoms with Gasteiger partial charge < -0.3 is 9.88 Å². The van der Waals surface area contributed by atoms with Crippen LogP contribution in [0.3, 0.4) is 0 Å². The first-order chi connectivity index (χ1) is 12.4. The van der Waals surface area contributed by atoms with E-state index in [0.29, 0.717) is 12.1 Å². The predicted octanol–water partition coefficient (Wildman–Crippen LogP) is 2.94. The number of nitrogens with one attached hydrogen (secondary N) is 1.